The molecule has 5 heteroatoms. The number of carbonyl (C=O) groups excluding carboxylic acids is 2. The highest BCUT2D eigenvalue weighted by Gasteiger charge is 2.15. The predicted octanol–water partition coefficient (Wildman–Crippen LogP) is 4.09. The quantitative estimate of drug-likeness (QED) is 0.784. The standard InChI is InChI=1S/C23H30N2O3/c1-15-9-16(2)13-20(12-15)28-8-7-22(27)25(6)14-21(26)24-23-18(4)10-17(3)11-19(23)5/h9-13H,7-8,14H2,1-6H3,(H,24,26). The molecule has 0 aromatic heterocycles. The summed E-state index contributed by atoms with van der Waals surface area (Å²) < 4.78 is 5.68. The van der Waals surface area contributed by atoms with Crippen LogP contribution in [0.2, 0.25) is 0 Å². The van der Waals surface area contributed by atoms with Gasteiger partial charge in [0.15, 0.2) is 0 Å². The molecule has 0 aliphatic carbocycles. The maximum atomic E-state index is 12.4. The van der Waals surface area contributed by atoms with Crippen molar-refractivity contribution in [3.05, 3.63) is 58.1 Å². The van der Waals surface area contributed by atoms with Gasteiger partial charge in [0.1, 0.15) is 5.75 Å². The Morgan fingerprint density at radius 3 is 2.00 bits per heavy atom. The van der Waals surface area contributed by atoms with Gasteiger partial charge < -0.3 is 15.0 Å². The van der Waals surface area contributed by atoms with Crippen LogP contribution in [0.4, 0.5) is 5.69 Å². The van der Waals surface area contributed by atoms with E-state index in [1.165, 1.54) is 4.90 Å². The highest BCUT2D eigenvalue weighted by atomic mass is 16.5. The molecule has 2 aromatic rings. The Morgan fingerprint density at radius 2 is 1.43 bits per heavy atom. The number of ether oxygens (including phenoxy) is 1. The van der Waals surface area contributed by atoms with Gasteiger partial charge in [0.2, 0.25) is 11.8 Å². The summed E-state index contributed by atoms with van der Waals surface area (Å²) in [5, 5.41) is 2.92. The molecular formula is C23H30N2O3. The number of aryl methyl sites for hydroxylation is 5. The lowest BCUT2D eigenvalue weighted by atomic mass is 10.1. The summed E-state index contributed by atoms with van der Waals surface area (Å²) in [6.45, 7) is 10.3. The second-order valence-corrected chi connectivity index (χ2v) is 7.49. The highest BCUT2D eigenvalue weighted by molar-refractivity contribution is 5.95. The molecular weight excluding hydrogens is 352 g/mol. The molecule has 0 saturated carbocycles. The van der Waals surface area contributed by atoms with Crippen LogP contribution in [0.25, 0.3) is 0 Å². The first kappa shape index (κ1) is 21.5. The Bertz CT molecular complexity index is 831. The summed E-state index contributed by atoms with van der Waals surface area (Å²) in [6.07, 6.45) is 0.222. The smallest absolute Gasteiger partial charge is 0.243 e. The second-order valence-electron chi connectivity index (χ2n) is 7.49. The molecule has 0 aliphatic heterocycles. The number of carbonyl (C=O) groups is 2. The van der Waals surface area contributed by atoms with E-state index < -0.39 is 0 Å². The van der Waals surface area contributed by atoms with Gasteiger partial charge in [-0.25, -0.2) is 0 Å². The van der Waals surface area contributed by atoms with E-state index in [1.807, 2.05) is 58.9 Å². The number of benzene rings is 2. The highest BCUT2D eigenvalue weighted by Crippen LogP contribution is 2.22. The molecule has 28 heavy (non-hydrogen) atoms. The normalized spacial score (nSPS) is 10.5. The number of likely N-dealkylation sites (N-methyl/N-ethyl adjacent to an activating group) is 1. The third-order valence-corrected chi connectivity index (χ3v) is 4.53. The minimum Gasteiger partial charge on any atom is -0.493 e. The van der Waals surface area contributed by atoms with Crippen molar-refractivity contribution < 1.29 is 14.3 Å². The summed E-state index contributed by atoms with van der Waals surface area (Å²) in [5.74, 6) is 0.425. The largest absolute Gasteiger partial charge is 0.493 e. The average molecular weight is 383 g/mol. The van der Waals surface area contributed by atoms with Crippen LogP contribution in [0, 0.1) is 34.6 Å². The zero-order chi connectivity index (χ0) is 20.8. The summed E-state index contributed by atoms with van der Waals surface area (Å²) in [7, 11) is 1.63. The lowest BCUT2D eigenvalue weighted by Gasteiger charge is -2.18. The van der Waals surface area contributed by atoms with E-state index in [-0.39, 0.29) is 31.4 Å². The maximum Gasteiger partial charge on any atom is 0.243 e. The lowest BCUT2D eigenvalue weighted by molar-refractivity contribution is -0.133. The number of amides is 2. The van der Waals surface area contributed by atoms with E-state index in [0.717, 1.165) is 39.3 Å². The van der Waals surface area contributed by atoms with Gasteiger partial charge in [-0.05, 0) is 69.0 Å². The summed E-state index contributed by atoms with van der Waals surface area (Å²) in [5.41, 5.74) is 6.25. The monoisotopic (exact) mass is 382 g/mol. The van der Waals surface area contributed by atoms with Crippen molar-refractivity contribution in [3.8, 4) is 5.75 Å². The van der Waals surface area contributed by atoms with Crippen molar-refractivity contribution in [1.82, 2.24) is 4.90 Å². The number of nitrogens with one attached hydrogen (secondary N) is 1. The molecule has 5 nitrogen and oxygen atoms in total. The van der Waals surface area contributed by atoms with E-state index in [9.17, 15) is 9.59 Å². The van der Waals surface area contributed by atoms with Crippen LogP contribution in [0.3, 0.4) is 0 Å². The van der Waals surface area contributed by atoms with Crippen molar-refractivity contribution in [3.63, 3.8) is 0 Å². The molecule has 0 fully saturated rings. The lowest BCUT2D eigenvalue weighted by Crippen LogP contribution is -2.35. The molecule has 0 heterocycles. The van der Waals surface area contributed by atoms with Gasteiger partial charge in [-0.1, -0.05) is 23.8 Å². The van der Waals surface area contributed by atoms with Crippen LogP contribution in [-0.4, -0.2) is 36.9 Å². The van der Waals surface area contributed by atoms with Gasteiger partial charge in [-0.15, -0.1) is 0 Å². The molecule has 0 saturated heterocycles. The average Bonchev–Trinajstić information content (AvgIpc) is 2.57. The van der Waals surface area contributed by atoms with Gasteiger partial charge in [0, 0.05) is 12.7 Å². The molecule has 0 spiro atoms. The zero-order valence-electron chi connectivity index (χ0n) is 17.7. The molecule has 2 amide bonds. The van der Waals surface area contributed by atoms with Crippen molar-refractivity contribution in [2.24, 2.45) is 0 Å². The van der Waals surface area contributed by atoms with Gasteiger partial charge in [0.05, 0.1) is 19.6 Å². The number of nitrogens with zero attached hydrogens (tertiary/aromatic N) is 1. The molecule has 2 rings (SSSR count). The van der Waals surface area contributed by atoms with Crippen molar-refractivity contribution in [1.29, 1.82) is 0 Å². The summed E-state index contributed by atoms with van der Waals surface area (Å²) in [4.78, 5) is 26.1. The van der Waals surface area contributed by atoms with Crippen molar-refractivity contribution in [2.45, 2.75) is 41.0 Å². The van der Waals surface area contributed by atoms with E-state index in [2.05, 4.69) is 11.4 Å². The van der Waals surface area contributed by atoms with E-state index in [4.69, 9.17) is 4.74 Å². The topological polar surface area (TPSA) is 58.6 Å². The summed E-state index contributed by atoms with van der Waals surface area (Å²) >= 11 is 0. The molecule has 0 atom stereocenters. The number of hydrogen-bond acceptors (Lipinski definition) is 3. The number of anilines is 1. The third kappa shape index (κ3) is 6.12. The van der Waals surface area contributed by atoms with Gasteiger partial charge in [0.25, 0.3) is 0 Å². The molecule has 0 radical (unpaired) electrons. The minimum absolute atomic E-state index is 0.00907. The maximum absolute atomic E-state index is 12.4. The van der Waals surface area contributed by atoms with Crippen molar-refractivity contribution in [2.75, 3.05) is 25.5 Å². The molecule has 1 N–H and O–H groups in total. The number of hydrogen-bond donors (Lipinski definition) is 1. The Hall–Kier alpha value is -2.82. The first-order chi connectivity index (χ1) is 13.2. The van der Waals surface area contributed by atoms with E-state index in [1.54, 1.807) is 7.05 Å². The zero-order valence-corrected chi connectivity index (χ0v) is 17.7. The fourth-order valence-corrected chi connectivity index (χ4v) is 3.32. The Labute approximate surface area is 167 Å². The third-order valence-electron chi connectivity index (χ3n) is 4.53. The van der Waals surface area contributed by atoms with Gasteiger partial charge in [-0.3, -0.25) is 9.59 Å². The second kappa shape index (κ2) is 9.40. The van der Waals surface area contributed by atoms with Crippen molar-refractivity contribution >= 4 is 17.5 Å². The first-order valence-corrected chi connectivity index (χ1v) is 9.48. The predicted molar refractivity (Wildman–Crippen MR) is 113 cm³/mol. The van der Waals surface area contributed by atoms with Crippen LogP contribution >= 0.6 is 0 Å². The molecule has 0 bridgehead atoms. The van der Waals surface area contributed by atoms with Crippen LogP contribution in [0.15, 0.2) is 30.3 Å². The van der Waals surface area contributed by atoms with Gasteiger partial charge in [-0.2, -0.15) is 0 Å². The molecule has 0 aliphatic rings. The molecule has 0 unspecified atom stereocenters. The number of rotatable bonds is 7. The Morgan fingerprint density at radius 1 is 0.893 bits per heavy atom. The fourth-order valence-electron chi connectivity index (χ4n) is 3.32. The SMILES string of the molecule is Cc1cc(C)cc(OCCC(=O)N(C)CC(=O)Nc2c(C)cc(C)cc2C)c1. The van der Waals surface area contributed by atoms with Crippen LogP contribution < -0.4 is 10.1 Å². The molecule has 150 valence electrons. The Balaban J connectivity index is 1.84. The van der Waals surface area contributed by atoms with Crippen LogP contribution in [0.5, 0.6) is 5.75 Å². The first-order valence-electron chi connectivity index (χ1n) is 9.48. The van der Waals surface area contributed by atoms with Crippen LogP contribution in [0.1, 0.15) is 34.2 Å². The van der Waals surface area contributed by atoms with Crippen LogP contribution in [-0.2, 0) is 9.59 Å². The minimum atomic E-state index is -0.207. The Kier molecular flexibility index (Phi) is 7.21. The van der Waals surface area contributed by atoms with E-state index in [0.29, 0.717) is 0 Å². The summed E-state index contributed by atoms with van der Waals surface area (Å²) in [6, 6.07) is 10.0. The molecule has 2 aromatic carbocycles. The van der Waals surface area contributed by atoms with E-state index >= 15 is 0 Å². The van der Waals surface area contributed by atoms with Gasteiger partial charge >= 0.3 is 0 Å². The fraction of sp³-hybridized carbons (Fsp3) is 0.391.